The molecule has 1 fully saturated rings. The summed E-state index contributed by atoms with van der Waals surface area (Å²) in [6.45, 7) is 4.40. The summed E-state index contributed by atoms with van der Waals surface area (Å²) in [4.78, 5) is 14.7. The Morgan fingerprint density at radius 3 is 2.47 bits per heavy atom. The van der Waals surface area contributed by atoms with E-state index in [9.17, 15) is 13.2 Å². The second kappa shape index (κ2) is 9.46. The van der Waals surface area contributed by atoms with Crippen molar-refractivity contribution in [3.05, 3.63) is 60.2 Å². The molecule has 1 atom stereocenters. The Morgan fingerprint density at radius 2 is 1.84 bits per heavy atom. The van der Waals surface area contributed by atoms with Gasteiger partial charge in [-0.25, -0.2) is 8.42 Å². The number of benzene rings is 2. The van der Waals surface area contributed by atoms with E-state index in [-0.39, 0.29) is 29.2 Å². The molecule has 1 aliphatic rings. The number of thioether (sulfide) groups is 1. The van der Waals surface area contributed by atoms with E-state index in [2.05, 4.69) is 10.2 Å². The molecule has 0 saturated carbocycles. The minimum Gasteiger partial charge on any atom is -0.338 e. The molecule has 0 N–H and O–H groups in total. The largest absolute Gasteiger partial charge is 0.338 e. The van der Waals surface area contributed by atoms with E-state index >= 15 is 0 Å². The van der Waals surface area contributed by atoms with E-state index < -0.39 is 9.84 Å². The molecule has 1 aliphatic heterocycles. The van der Waals surface area contributed by atoms with Gasteiger partial charge in [0.2, 0.25) is 5.91 Å². The van der Waals surface area contributed by atoms with Crippen LogP contribution in [-0.4, -0.2) is 63.8 Å². The number of amides is 1. The molecule has 3 aromatic rings. The lowest BCUT2D eigenvalue weighted by molar-refractivity contribution is -0.129. The lowest BCUT2D eigenvalue weighted by Gasteiger charge is -2.26. The van der Waals surface area contributed by atoms with Crippen LogP contribution in [0.5, 0.6) is 0 Å². The third-order valence-corrected chi connectivity index (χ3v) is 8.26. The number of carbonyl (C=O) groups is 1. The molecule has 0 unspecified atom stereocenters. The lowest BCUT2D eigenvalue weighted by atomic mass is 10.2. The van der Waals surface area contributed by atoms with Gasteiger partial charge >= 0.3 is 0 Å². The minimum absolute atomic E-state index is 0.0505. The van der Waals surface area contributed by atoms with Gasteiger partial charge in [0.05, 0.1) is 17.3 Å². The Hall–Kier alpha value is -2.65. The third kappa shape index (κ3) is 4.88. The van der Waals surface area contributed by atoms with Crippen LogP contribution < -0.4 is 0 Å². The van der Waals surface area contributed by atoms with Crippen LogP contribution in [0.3, 0.4) is 0 Å². The van der Waals surface area contributed by atoms with Crippen LogP contribution in [0.1, 0.15) is 18.9 Å². The van der Waals surface area contributed by atoms with Gasteiger partial charge in [-0.2, -0.15) is 0 Å². The van der Waals surface area contributed by atoms with E-state index in [1.165, 1.54) is 11.8 Å². The van der Waals surface area contributed by atoms with Crippen LogP contribution in [-0.2, 0) is 14.6 Å². The van der Waals surface area contributed by atoms with E-state index in [0.29, 0.717) is 23.9 Å². The Kier molecular flexibility index (Phi) is 6.66. The summed E-state index contributed by atoms with van der Waals surface area (Å²) >= 11 is 1.32. The van der Waals surface area contributed by atoms with Gasteiger partial charge in [0.15, 0.2) is 20.8 Å². The highest BCUT2D eigenvalue weighted by Crippen LogP contribution is 2.29. The summed E-state index contributed by atoms with van der Waals surface area (Å²) in [6.07, 6.45) is 0.504. The zero-order valence-electron chi connectivity index (χ0n) is 18.1. The molecule has 0 spiro atoms. The first-order valence-corrected chi connectivity index (χ1v) is 13.4. The molecule has 9 heteroatoms. The van der Waals surface area contributed by atoms with Crippen molar-refractivity contribution in [1.82, 2.24) is 19.7 Å². The maximum absolute atomic E-state index is 13.0. The summed E-state index contributed by atoms with van der Waals surface area (Å²) in [5, 5.41) is 9.41. The molecule has 1 saturated heterocycles. The number of sulfone groups is 1. The fraction of sp³-hybridized carbons (Fsp3) is 0.348. The average molecular weight is 471 g/mol. The van der Waals surface area contributed by atoms with Crippen molar-refractivity contribution in [2.24, 2.45) is 0 Å². The van der Waals surface area contributed by atoms with Gasteiger partial charge in [0.1, 0.15) is 0 Å². The molecule has 0 bridgehead atoms. The van der Waals surface area contributed by atoms with Gasteiger partial charge in [-0.3, -0.25) is 9.36 Å². The van der Waals surface area contributed by atoms with Crippen molar-refractivity contribution >= 4 is 27.5 Å². The number of nitrogens with zero attached hydrogens (tertiary/aromatic N) is 4. The molecular formula is C23H26N4O3S2. The van der Waals surface area contributed by atoms with Crippen molar-refractivity contribution in [3.63, 3.8) is 0 Å². The molecule has 4 rings (SSSR count). The first-order chi connectivity index (χ1) is 15.4. The van der Waals surface area contributed by atoms with Crippen LogP contribution in [0, 0.1) is 6.92 Å². The SMILES string of the molecule is CCN(C(=O)CSc1nnc(-c2ccccc2)n1-c1ccc(C)cc1)[C@H]1CCS(=O)(=O)C1. The van der Waals surface area contributed by atoms with Gasteiger partial charge in [-0.1, -0.05) is 59.8 Å². The third-order valence-electron chi connectivity index (χ3n) is 5.59. The molecule has 7 nitrogen and oxygen atoms in total. The maximum atomic E-state index is 13.0. The predicted octanol–water partition coefficient (Wildman–Crippen LogP) is 3.37. The van der Waals surface area contributed by atoms with E-state index in [1.807, 2.05) is 73.0 Å². The van der Waals surface area contributed by atoms with Crippen LogP contribution in [0.15, 0.2) is 59.8 Å². The Balaban J connectivity index is 1.59. The zero-order valence-corrected chi connectivity index (χ0v) is 19.8. The average Bonchev–Trinajstić information content (AvgIpc) is 3.37. The highest BCUT2D eigenvalue weighted by molar-refractivity contribution is 7.99. The summed E-state index contributed by atoms with van der Waals surface area (Å²) in [5.41, 5.74) is 3.01. The summed E-state index contributed by atoms with van der Waals surface area (Å²) in [7, 11) is -3.05. The van der Waals surface area contributed by atoms with E-state index in [0.717, 1.165) is 16.8 Å². The summed E-state index contributed by atoms with van der Waals surface area (Å²) in [6, 6.07) is 17.7. The van der Waals surface area contributed by atoms with Crippen molar-refractivity contribution in [3.8, 4) is 17.1 Å². The van der Waals surface area contributed by atoms with Gasteiger partial charge in [-0.15, -0.1) is 10.2 Å². The topological polar surface area (TPSA) is 85.2 Å². The van der Waals surface area contributed by atoms with Crippen molar-refractivity contribution in [2.75, 3.05) is 23.8 Å². The number of rotatable bonds is 7. The van der Waals surface area contributed by atoms with Gasteiger partial charge in [-0.05, 0) is 32.4 Å². The number of hydrogen-bond acceptors (Lipinski definition) is 6. The van der Waals surface area contributed by atoms with Gasteiger partial charge in [0.25, 0.3) is 0 Å². The standard InChI is InChI=1S/C23H26N4O3S2/c1-3-26(20-13-14-32(29,30)16-20)21(28)15-31-23-25-24-22(18-7-5-4-6-8-18)27(23)19-11-9-17(2)10-12-19/h4-12,20H,3,13-16H2,1-2H3/t20-/m0/s1. The molecular weight excluding hydrogens is 444 g/mol. The number of aryl methyl sites for hydroxylation is 1. The highest BCUT2D eigenvalue weighted by Gasteiger charge is 2.34. The van der Waals surface area contributed by atoms with Crippen molar-refractivity contribution in [1.29, 1.82) is 0 Å². The highest BCUT2D eigenvalue weighted by atomic mass is 32.2. The lowest BCUT2D eigenvalue weighted by Crippen LogP contribution is -2.42. The van der Waals surface area contributed by atoms with Crippen molar-refractivity contribution in [2.45, 2.75) is 31.5 Å². The minimum atomic E-state index is -3.05. The summed E-state index contributed by atoms with van der Waals surface area (Å²) < 4.78 is 25.7. The normalized spacial score (nSPS) is 17.4. The van der Waals surface area contributed by atoms with Crippen LogP contribution in [0.25, 0.3) is 17.1 Å². The summed E-state index contributed by atoms with van der Waals surface area (Å²) in [5.74, 6) is 0.993. The molecule has 2 aromatic carbocycles. The van der Waals surface area contributed by atoms with Crippen LogP contribution in [0.2, 0.25) is 0 Å². The van der Waals surface area contributed by atoms with Crippen LogP contribution in [0.4, 0.5) is 0 Å². The number of hydrogen-bond donors (Lipinski definition) is 0. The van der Waals surface area contributed by atoms with E-state index in [4.69, 9.17) is 0 Å². The number of aromatic nitrogens is 3. The molecule has 168 valence electrons. The maximum Gasteiger partial charge on any atom is 0.233 e. The molecule has 0 aliphatic carbocycles. The first-order valence-electron chi connectivity index (χ1n) is 10.6. The Labute approximate surface area is 192 Å². The second-order valence-electron chi connectivity index (χ2n) is 7.87. The predicted molar refractivity (Wildman–Crippen MR) is 127 cm³/mol. The van der Waals surface area contributed by atoms with Gasteiger partial charge in [0, 0.05) is 23.8 Å². The zero-order chi connectivity index (χ0) is 22.7. The van der Waals surface area contributed by atoms with Crippen molar-refractivity contribution < 1.29 is 13.2 Å². The molecule has 2 heterocycles. The van der Waals surface area contributed by atoms with Gasteiger partial charge < -0.3 is 4.90 Å². The molecule has 1 aromatic heterocycles. The Morgan fingerprint density at radius 1 is 1.12 bits per heavy atom. The number of carbonyl (C=O) groups excluding carboxylic acids is 1. The fourth-order valence-electron chi connectivity index (χ4n) is 3.93. The quantitative estimate of drug-likeness (QED) is 0.492. The first kappa shape index (κ1) is 22.5. The second-order valence-corrected chi connectivity index (χ2v) is 11.0. The fourth-order valence-corrected chi connectivity index (χ4v) is 6.50. The molecule has 32 heavy (non-hydrogen) atoms. The molecule has 1 amide bonds. The van der Waals surface area contributed by atoms with E-state index in [1.54, 1.807) is 4.90 Å². The monoisotopic (exact) mass is 470 g/mol. The Bertz CT molecular complexity index is 1190. The molecule has 0 radical (unpaired) electrons. The smallest absolute Gasteiger partial charge is 0.233 e. The van der Waals surface area contributed by atoms with Crippen LogP contribution >= 0.6 is 11.8 Å².